The number of aliphatic hydroxyl groups is 1. The number of β-amino-alcohol motifs (C(OH)–C–C–N with tert-alkyl or cyclic N) is 1. The van der Waals surface area contributed by atoms with Gasteiger partial charge in [0, 0.05) is 29.8 Å². The molecule has 0 saturated carbocycles. The van der Waals surface area contributed by atoms with Crippen molar-refractivity contribution in [3.63, 3.8) is 0 Å². The summed E-state index contributed by atoms with van der Waals surface area (Å²) in [6, 6.07) is 13.4. The number of carboxylic acids is 1. The maximum absolute atomic E-state index is 14.2. The minimum absolute atomic E-state index is 0.0684. The van der Waals surface area contributed by atoms with Crippen LogP contribution in [0.15, 0.2) is 57.6 Å². The summed E-state index contributed by atoms with van der Waals surface area (Å²) in [6.07, 6.45) is -3.27. The highest BCUT2D eigenvalue weighted by Crippen LogP contribution is 2.46. The second kappa shape index (κ2) is 10.2. The third kappa shape index (κ3) is 4.79. The summed E-state index contributed by atoms with van der Waals surface area (Å²) in [5, 5.41) is 28.1. The number of nitrogens with zero attached hydrogens (tertiary/aromatic N) is 3. The minimum atomic E-state index is -4.74. The Morgan fingerprint density at radius 1 is 1.05 bits per heavy atom. The molecule has 1 aliphatic heterocycles. The maximum Gasteiger partial charge on any atom is 0.422 e. The predicted octanol–water partition coefficient (Wildman–Crippen LogP) is 5.61. The Kier molecular flexibility index (Phi) is 6.71. The third-order valence-electron chi connectivity index (χ3n) is 7.71. The molecule has 0 radical (unpaired) electrons. The van der Waals surface area contributed by atoms with Gasteiger partial charge in [0.15, 0.2) is 17.2 Å². The lowest BCUT2D eigenvalue weighted by atomic mass is 9.86. The predicted molar refractivity (Wildman–Crippen MR) is 137 cm³/mol. The number of piperidine rings is 1. The molecule has 1 unspecified atom stereocenters. The van der Waals surface area contributed by atoms with Crippen LogP contribution in [0.25, 0.3) is 34.0 Å². The summed E-state index contributed by atoms with van der Waals surface area (Å²) in [5.41, 5.74) is 2.07. The first-order valence-corrected chi connectivity index (χ1v) is 13.1. The van der Waals surface area contributed by atoms with Gasteiger partial charge in [-0.1, -0.05) is 58.8 Å². The summed E-state index contributed by atoms with van der Waals surface area (Å²) in [4.78, 5) is 13.3. The lowest BCUT2D eigenvalue weighted by Gasteiger charge is -2.32. The van der Waals surface area contributed by atoms with Crippen LogP contribution in [0, 0.1) is 5.92 Å². The van der Waals surface area contributed by atoms with Gasteiger partial charge in [-0.25, -0.2) is 0 Å². The molecule has 1 aliphatic carbocycles. The van der Waals surface area contributed by atoms with Crippen LogP contribution >= 0.6 is 0 Å². The largest absolute Gasteiger partial charge is 0.481 e. The summed E-state index contributed by atoms with van der Waals surface area (Å²) in [7, 11) is 0. The average Bonchev–Trinajstić information content (AvgIpc) is 3.58. The molecular formula is C29H26F3N3O5. The molecule has 40 heavy (non-hydrogen) atoms. The maximum atomic E-state index is 14.2. The van der Waals surface area contributed by atoms with Gasteiger partial charge in [-0.3, -0.25) is 9.69 Å². The molecule has 8 nitrogen and oxygen atoms in total. The van der Waals surface area contributed by atoms with Crippen LogP contribution in [0.3, 0.4) is 0 Å². The van der Waals surface area contributed by atoms with E-state index in [2.05, 4.69) is 10.3 Å². The lowest BCUT2D eigenvalue weighted by Crippen LogP contribution is -2.40. The molecule has 0 amide bonds. The van der Waals surface area contributed by atoms with Crippen molar-refractivity contribution in [1.29, 1.82) is 0 Å². The number of halogens is 3. The number of likely N-dealkylation sites (tertiary alicyclic amines) is 1. The monoisotopic (exact) mass is 553 g/mol. The van der Waals surface area contributed by atoms with Crippen molar-refractivity contribution in [2.24, 2.45) is 5.92 Å². The Bertz CT molecular complexity index is 1550. The fourth-order valence-electron chi connectivity index (χ4n) is 5.72. The van der Waals surface area contributed by atoms with E-state index in [1.807, 2.05) is 11.0 Å². The van der Waals surface area contributed by atoms with Gasteiger partial charge in [0.1, 0.15) is 11.3 Å². The quantitative estimate of drug-likeness (QED) is 0.317. The van der Waals surface area contributed by atoms with Crippen LogP contribution in [0.2, 0.25) is 0 Å². The van der Waals surface area contributed by atoms with Crippen molar-refractivity contribution < 1.29 is 37.2 Å². The molecular weight excluding hydrogens is 527 g/mol. The molecule has 2 aromatic carbocycles. The van der Waals surface area contributed by atoms with Gasteiger partial charge in [0.05, 0.1) is 12.0 Å². The van der Waals surface area contributed by atoms with E-state index in [0.717, 1.165) is 24.1 Å². The van der Waals surface area contributed by atoms with Gasteiger partial charge in [-0.05, 0) is 43.4 Å². The molecule has 3 heterocycles. The SMILES string of the molecule is O=C(O)[C@H]1CCCN(CC(O)c2ccc3c(c2)CCc2c-3noc2-c2noc(-c3ccccc3)c2C(F)(F)F)C1. The minimum Gasteiger partial charge on any atom is -0.481 e. The van der Waals surface area contributed by atoms with Gasteiger partial charge < -0.3 is 19.3 Å². The Hall–Kier alpha value is -3.96. The van der Waals surface area contributed by atoms with E-state index in [0.29, 0.717) is 49.2 Å². The summed E-state index contributed by atoms with van der Waals surface area (Å²) >= 11 is 0. The zero-order chi connectivity index (χ0) is 28.0. The van der Waals surface area contributed by atoms with E-state index in [1.54, 1.807) is 30.3 Å². The molecule has 1 saturated heterocycles. The number of carboxylic acid groups (broad SMARTS) is 1. The number of alkyl halides is 3. The van der Waals surface area contributed by atoms with E-state index in [9.17, 15) is 28.2 Å². The third-order valence-corrected chi connectivity index (χ3v) is 7.71. The smallest absolute Gasteiger partial charge is 0.422 e. The Labute approximate surface area is 227 Å². The second-order valence-electron chi connectivity index (χ2n) is 10.3. The molecule has 2 N–H and O–H groups in total. The van der Waals surface area contributed by atoms with Crippen LogP contribution in [0.5, 0.6) is 0 Å². The van der Waals surface area contributed by atoms with E-state index < -0.39 is 35.4 Å². The lowest BCUT2D eigenvalue weighted by molar-refractivity contribution is -0.143. The van der Waals surface area contributed by atoms with Crippen molar-refractivity contribution in [1.82, 2.24) is 15.2 Å². The Balaban J connectivity index is 1.28. The van der Waals surface area contributed by atoms with Crippen molar-refractivity contribution >= 4 is 5.97 Å². The van der Waals surface area contributed by atoms with Crippen LogP contribution in [-0.4, -0.2) is 51.0 Å². The molecule has 0 bridgehead atoms. The number of fused-ring (bicyclic) bond motifs is 3. The normalized spacial score (nSPS) is 18.2. The molecule has 0 spiro atoms. The summed E-state index contributed by atoms with van der Waals surface area (Å²) in [6.45, 7) is 1.44. The van der Waals surface area contributed by atoms with Gasteiger partial charge >= 0.3 is 12.1 Å². The number of aryl methyl sites for hydroxylation is 1. The molecule has 4 aromatic rings. The molecule has 6 rings (SSSR count). The molecule has 11 heteroatoms. The fraction of sp³-hybridized carbons (Fsp3) is 0.345. The number of hydrogen-bond donors (Lipinski definition) is 2. The summed E-state index contributed by atoms with van der Waals surface area (Å²) < 4.78 is 53.3. The van der Waals surface area contributed by atoms with Crippen LogP contribution in [0.1, 0.15) is 41.2 Å². The van der Waals surface area contributed by atoms with E-state index >= 15 is 0 Å². The highest BCUT2D eigenvalue weighted by Gasteiger charge is 2.43. The highest BCUT2D eigenvalue weighted by molar-refractivity contribution is 5.79. The fourth-order valence-corrected chi connectivity index (χ4v) is 5.72. The zero-order valence-corrected chi connectivity index (χ0v) is 21.3. The molecule has 2 aromatic heterocycles. The number of aliphatic hydroxyl groups excluding tert-OH is 1. The average molecular weight is 554 g/mol. The van der Waals surface area contributed by atoms with Crippen LogP contribution in [-0.2, 0) is 23.8 Å². The molecule has 1 fully saturated rings. The standard InChI is InChI=1S/C29H26F3N3O5/c30-29(31,32)23-25(34-39-26(23)16-5-2-1-3-6-16)27-21-11-8-17-13-18(9-10-20(17)24(21)33-40-27)22(36)15-35-12-4-7-19(14-35)28(37)38/h1-3,5-6,9-10,13,19,22,36H,4,7-8,11-12,14-15H2,(H,37,38)/t19-,22?/m0/s1. The Morgan fingerprint density at radius 2 is 1.80 bits per heavy atom. The van der Waals surface area contributed by atoms with Crippen LogP contribution in [0.4, 0.5) is 13.2 Å². The van der Waals surface area contributed by atoms with Gasteiger partial charge in [-0.15, -0.1) is 0 Å². The van der Waals surface area contributed by atoms with E-state index in [4.69, 9.17) is 9.05 Å². The van der Waals surface area contributed by atoms with E-state index in [-0.39, 0.29) is 17.1 Å². The van der Waals surface area contributed by atoms with Crippen molar-refractivity contribution in [3.8, 4) is 34.0 Å². The van der Waals surface area contributed by atoms with Crippen molar-refractivity contribution in [3.05, 3.63) is 70.8 Å². The number of hydrogen-bond acceptors (Lipinski definition) is 7. The van der Waals surface area contributed by atoms with E-state index in [1.165, 1.54) is 12.1 Å². The summed E-state index contributed by atoms with van der Waals surface area (Å²) in [5.74, 6) is -1.71. The molecule has 2 atom stereocenters. The van der Waals surface area contributed by atoms with Gasteiger partial charge in [0.25, 0.3) is 0 Å². The van der Waals surface area contributed by atoms with Crippen molar-refractivity contribution in [2.45, 2.75) is 38.0 Å². The highest BCUT2D eigenvalue weighted by atomic mass is 19.4. The number of carbonyl (C=O) groups is 1. The molecule has 2 aliphatic rings. The first kappa shape index (κ1) is 26.3. The van der Waals surface area contributed by atoms with Gasteiger partial charge in [0.2, 0.25) is 0 Å². The van der Waals surface area contributed by atoms with Crippen molar-refractivity contribution in [2.75, 3.05) is 19.6 Å². The first-order chi connectivity index (χ1) is 19.2. The topological polar surface area (TPSA) is 113 Å². The molecule has 208 valence electrons. The van der Waals surface area contributed by atoms with Crippen LogP contribution < -0.4 is 0 Å². The van der Waals surface area contributed by atoms with Gasteiger partial charge in [-0.2, -0.15) is 13.2 Å². The number of benzene rings is 2. The first-order valence-electron chi connectivity index (χ1n) is 13.1. The Morgan fingerprint density at radius 3 is 2.55 bits per heavy atom. The zero-order valence-electron chi connectivity index (χ0n) is 21.3. The number of rotatable bonds is 6. The number of aliphatic carboxylic acids is 1. The second-order valence-corrected chi connectivity index (χ2v) is 10.3. The number of aromatic nitrogens is 2.